The molecule has 25 heavy (non-hydrogen) atoms. The predicted molar refractivity (Wildman–Crippen MR) is 92.3 cm³/mol. The van der Waals surface area contributed by atoms with Crippen LogP contribution in [0.4, 0.5) is 4.79 Å². The first kappa shape index (κ1) is 17.5. The molecule has 6 heteroatoms. The molecule has 134 valence electrons. The maximum absolute atomic E-state index is 12.5. The molecule has 0 aromatic heterocycles. The summed E-state index contributed by atoms with van der Waals surface area (Å²) >= 11 is 0. The number of imide groups is 1. The number of rotatable bonds is 2. The molecule has 2 aliphatic rings. The zero-order valence-electron chi connectivity index (χ0n) is 14.9. The van der Waals surface area contributed by atoms with Gasteiger partial charge in [-0.1, -0.05) is 12.1 Å². The van der Waals surface area contributed by atoms with Crippen molar-refractivity contribution in [1.82, 2.24) is 9.80 Å². The van der Waals surface area contributed by atoms with Crippen molar-refractivity contribution < 1.29 is 19.1 Å². The van der Waals surface area contributed by atoms with Crippen LogP contribution in [0, 0.1) is 5.92 Å². The first-order chi connectivity index (χ1) is 11.8. The number of piperidine rings is 1. The number of hydrogen-bond donors (Lipinski definition) is 0. The van der Waals surface area contributed by atoms with Gasteiger partial charge in [0.25, 0.3) is 11.8 Å². The Balaban J connectivity index is 1.65. The van der Waals surface area contributed by atoms with Gasteiger partial charge in [-0.2, -0.15) is 0 Å². The summed E-state index contributed by atoms with van der Waals surface area (Å²) in [6.07, 6.45) is 1.39. The maximum Gasteiger partial charge on any atom is 0.410 e. The van der Waals surface area contributed by atoms with E-state index in [9.17, 15) is 14.4 Å². The van der Waals surface area contributed by atoms with E-state index in [1.165, 1.54) is 4.90 Å². The van der Waals surface area contributed by atoms with Crippen molar-refractivity contribution in [2.24, 2.45) is 5.92 Å². The highest BCUT2D eigenvalue weighted by atomic mass is 16.6. The fourth-order valence-corrected chi connectivity index (χ4v) is 3.37. The molecule has 2 heterocycles. The lowest BCUT2D eigenvalue weighted by atomic mass is 9.97. The van der Waals surface area contributed by atoms with Crippen LogP contribution in [0.1, 0.15) is 54.3 Å². The van der Waals surface area contributed by atoms with Crippen molar-refractivity contribution in [3.05, 3.63) is 35.4 Å². The van der Waals surface area contributed by atoms with Gasteiger partial charge in [0, 0.05) is 19.6 Å². The van der Waals surface area contributed by atoms with Gasteiger partial charge in [-0.05, 0) is 51.7 Å². The van der Waals surface area contributed by atoms with E-state index in [-0.39, 0.29) is 23.8 Å². The van der Waals surface area contributed by atoms with Crippen molar-refractivity contribution in [3.63, 3.8) is 0 Å². The molecule has 1 aromatic rings. The molecule has 2 aliphatic heterocycles. The number of likely N-dealkylation sites (tertiary alicyclic amines) is 1. The van der Waals surface area contributed by atoms with Gasteiger partial charge in [-0.15, -0.1) is 0 Å². The van der Waals surface area contributed by atoms with Crippen LogP contribution in [0.2, 0.25) is 0 Å². The number of benzene rings is 1. The summed E-state index contributed by atoms with van der Waals surface area (Å²) in [5, 5.41) is 0. The zero-order valence-corrected chi connectivity index (χ0v) is 14.9. The molecule has 0 radical (unpaired) electrons. The van der Waals surface area contributed by atoms with E-state index in [4.69, 9.17) is 4.74 Å². The average molecular weight is 344 g/mol. The second-order valence-electron chi connectivity index (χ2n) is 7.70. The highest BCUT2D eigenvalue weighted by Crippen LogP contribution is 2.26. The maximum atomic E-state index is 12.5. The van der Waals surface area contributed by atoms with Crippen molar-refractivity contribution in [1.29, 1.82) is 0 Å². The second-order valence-corrected chi connectivity index (χ2v) is 7.70. The van der Waals surface area contributed by atoms with E-state index in [0.717, 1.165) is 12.8 Å². The van der Waals surface area contributed by atoms with Crippen LogP contribution < -0.4 is 0 Å². The summed E-state index contributed by atoms with van der Waals surface area (Å²) in [6, 6.07) is 6.89. The molecule has 1 saturated heterocycles. The lowest BCUT2D eigenvalue weighted by Gasteiger charge is -2.35. The molecule has 3 rings (SSSR count). The van der Waals surface area contributed by atoms with Gasteiger partial charge in [-0.3, -0.25) is 14.5 Å². The lowest BCUT2D eigenvalue weighted by Crippen LogP contribution is -2.46. The van der Waals surface area contributed by atoms with E-state index in [1.807, 2.05) is 20.8 Å². The Kier molecular flexibility index (Phi) is 4.54. The summed E-state index contributed by atoms with van der Waals surface area (Å²) < 4.78 is 5.43. The number of ether oxygens (including phenoxy) is 1. The molecule has 0 spiro atoms. The van der Waals surface area contributed by atoms with E-state index in [0.29, 0.717) is 30.8 Å². The number of fused-ring (bicyclic) bond motifs is 1. The summed E-state index contributed by atoms with van der Waals surface area (Å²) in [7, 11) is 0. The molecule has 0 bridgehead atoms. The van der Waals surface area contributed by atoms with E-state index in [2.05, 4.69) is 0 Å². The molecular formula is C19H24N2O4. The second kappa shape index (κ2) is 6.50. The third-order valence-corrected chi connectivity index (χ3v) is 4.49. The van der Waals surface area contributed by atoms with Gasteiger partial charge in [-0.25, -0.2) is 4.79 Å². The minimum atomic E-state index is -0.535. The van der Waals surface area contributed by atoms with E-state index < -0.39 is 5.60 Å². The third-order valence-electron chi connectivity index (χ3n) is 4.49. The van der Waals surface area contributed by atoms with Gasteiger partial charge in [0.15, 0.2) is 0 Å². The largest absolute Gasteiger partial charge is 0.444 e. The fraction of sp³-hybridized carbons (Fsp3) is 0.526. The van der Waals surface area contributed by atoms with Gasteiger partial charge < -0.3 is 9.64 Å². The van der Waals surface area contributed by atoms with Crippen LogP contribution in [0.3, 0.4) is 0 Å². The number of carbonyl (C=O) groups excluding carboxylic acids is 3. The molecule has 0 unspecified atom stereocenters. The summed E-state index contributed by atoms with van der Waals surface area (Å²) in [6.45, 7) is 7.00. The zero-order chi connectivity index (χ0) is 18.2. The minimum absolute atomic E-state index is 0.0727. The summed E-state index contributed by atoms with van der Waals surface area (Å²) in [4.78, 5) is 40.2. The lowest BCUT2D eigenvalue weighted by molar-refractivity contribution is 0.0151. The van der Waals surface area contributed by atoms with Crippen LogP contribution in [0.5, 0.6) is 0 Å². The first-order valence-electron chi connectivity index (χ1n) is 8.69. The molecule has 1 atom stereocenters. The Labute approximate surface area is 147 Å². The molecule has 3 amide bonds. The van der Waals surface area contributed by atoms with Gasteiger partial charge in [0.2, 0.25) is 0 Å². The number of amides is 3. The average Bonchev–Trinajstić information content (AvgIpc) is 2.79. The van der Waals surface area contributed by atoms with Crippen molar-refractivity contribution >= 4 is 17.9 Å². The third kappa shape index (κ3) is 3.67. The number of hydrogen-bond acceptors (Lipinski definition) is 4. The van der Waals surface area contributed by atoms with Crippen LogP contribution in [0.25, 0.3) is 0 Å². The highest BCUT2D eigenvalue weighted by molar-refractivity contribution is 6.21. The van der Waals surface area contributed by atoms with E-state index >= 15 is 0 Å². The van der Waals surface area contributed by atoms with Gasteiger partial charge in [0.05, 0.1) is 11.1 Å². The number of nitrogens with zero attached hydrogens (tertiary/aromatic N) is 2. The van der Waals surface area contributed by atoms with Crippen molar-refractivity contribution in [2.45, 2.75) is 39.2 Å². The Morgan fingerprint density at radius 1 is 1.16 bits per heavy atom. The quantitative estimate of drug-likeness (QED) is 0.774. The summed E-state index contributed by atoms with van der Waals surface area (Å²) in [5.74, 6) is -0.409. The monoisotopic (exact) mass is 344 g/mol. The van der Waals surface area contributed by atoms with Gasteiger partial charge >= 0.3 is 6.09 Å². The van der Waals surface area contributed by atoms with Crippen LogP contribution in [0.15, 0.2) is 24.3 Å². The van der Waals surface area contributed by atoms with Crippen molar-refractivity contribution in [2.75, 3.05) is 19.6 Å². The number of carbonyl (C=O) groups is 3. The highest BCUT2D eigenvalue weighted by Gasteiger charge is 2.37. The molecule has 0 saturated carbocycles. The smallest absolute Gasteiger partial charge is 0.410 e. The van der Waals surface area contributed by atoms with Crippen LogP contribution in [-0.4, -0.2) is 52.9 Å². The molecule has 1 fully saturated rings. The van der Waals surface area contributed by atoms with Gasteiger partial charge in [0.1, 0.15) is 5.60 Å². The molecule has 1 aromatic carbocycles. The Morgan fingerprint density at radius 2 is 1.76 bits per heavy atom. The van der Waals surface area contributed by atoms with Crippen LogP contribution in [-0.2, 0) is 4.74 Å². The topological polar surface area (TPSA) is 66.9 Å². The normalized spacial score (nSPS) is 20.7. The summed E-state index contributed by atoms with van der Waals surface area (Å²) in [5.41, 5.74) is 0.395. The molecule has 6 nitrogen and oxygen atoms in total. The standard InChI is InChI=1S/C19H24N2O4/c1-19(2,3)25-18(24)20-10-6-7-13(11-20)12-21-16(22)14-8-4-5-9-15(14)17(21)23/h4-5,8-9,13H,6-7,10-12H2,1-3H3/t13-/m0/s1. The minimum Gasteiger partial charge on any atom is -0.444 e. The molecule has 0 N–H and O–H groups in total. The molecule has 0 aliphatic carbocycles. The van der Waals surface area contributed by atoms with E-state index in [1.54, 1.807) is 29.2 Å². The van der Waals surface area contributed by atoms with Crippen molar-refractivity contribution in [3.8, 4) is 0 Å². The first-order valence-corrected chi connectivity index (χ1v) is 8.69. The predicted octanol–water partition coefficient (Wildman–Crippen LogP) is 2.93. The Hall–Kier alpha value is -2.37. The Morgan fingerprint density at radius 3 is 2.32 bits per heavy atom. The van der Waals surface area contributed by atoms with Crippen LogP contribution >= 0.6 is 0 Å². The molecular weight excluding hydrogens is 320 g/mol. The fourth-order valence-electron chi connectivity index (χ4n) is 3.37. The SMILES string of the molecule is CC(C)(C)OC(=O)N1CCC[C@H](CN2C(=O)c3ccccc3C2=O)C1. The Bertz CT molecular complexity index is 673.